The van der Waals surface area contributed by atoms with E-state index in [1.165, 1.54) is 21.3 Å². The van der Waals surface area contributed by atoms with E-state index in [1.807, 2.05) is 24.3 Å². The minimum absolute atomic E-state index is 0.198. The van der Waals surface area contributed by atoms with Crippen LogP contribution in [0.5, 0.6) is 23.0 Å². The number of rotatable bonds is 6. The van der Waals surface area contributed by atoms with Crippen LogP contribution in [-0.4, -0.2) is 50.6 Å². The number of ether oxygens (including phenoxy) is 4. The standard InChI is InChI=1S/C21H23NO6/c1-25-14-7-5-12(6-8-14)20-16(23)11-15(22-24)19(20)13-9-17(26-2)21(28-4)18(10-13)27-3/h5-10,16,23-24H,11H2,1-4H3/b22-15-. The minimum Gasteiger partial charge on any atom is -0.497 e. The molecule has 0 spiro atoms. The van der Waals surface area contributed by atoms with Crippen molar-refractivity contribution in [3.05, 3.63) is 47.5 Å². The fourth-order valence-electron chi connectivity index (χ4n) is 3.45. The van der Waals surface area contributed by atoms with Gasteiger partial charge in [-0.25, -0.2) is 0 Å². The lowest BCUT2D eigenvalue weighted by Crippen LogP contribution is -2.05. The van der Waals surface area contributed by atoms with Crippen LogP contribution in [0.3, 0.4) is 0 Å². The first-order chi connectivity index (χ1) is 13.6. The molecule has 0 aromatic heterocycles. The SMILES string of the molecule is COc1ccc(C2=C(c3cc(OC)c(OC)c(OC)c3)/C(=N\O)CC2O)cc1. The Bertz CT molecular complexity index is 892. The molecule has 2 N–H and O–H groups in total. The van der Waals surface area contributed by atoms with Gasteiger partial charge in [-0.05, 0) is 41.0 Å². The molecule has 2 aromatic rings. The van der Waals surface area contributed by atoms with Gasteiger partial charge in [0.2, 0.25) is 5.75 Å². The van der Waals surface area contributed by atoms with E-state index in [1.54, 1.807) is 19.2 Å². The summed E-state index contributed by atoms with van der Waals surface area (Å²) >= 11 is 0. The summed E-state index contributed by atoms with van der Waals surface area (Å²) in [5, 5.41) is 23.7. The second-order valence-corrected chi connectivity index (χ2v) is 6.20. The molecule has 2 aromatic carbocycles. The number of nitrogens with zero attached hydrogens (tertiary/aromatic N) is 1. The number of allylic oxidation sites excluding steroid dienone is 1. The van der Waals surface area contributed by atoms with Gasteiger partial charge >= 0.3 is 0 Å². The average molecular weight is 385 g/mol. The van der Waals surface area contributed by atoms with Gasteiger partial charge < -0.3 is 29.3 Å². The predicted molar refractivity (Wildman–Crippen MR) is 106 cm³/mol. The van der Waals surface area contributed by atoms with Crippen molar-refractivity contribution in [3.63, 3.8) is 0 Å². The van der Waals surface area contributed by atoms with E-state index in [9.17, 15) is 10.3 Å². The fourth-order valence-corrected chi connectivity index (χ4v) is 3.45. The van der Waals surface area contributed by atoms with Gasteiger partial charge in [0.1, 0.15) is 5.75 Å². The number of hydrogen-bond acceptors (Lipinski definition) is 7. The van der Waals surface area contributed by atoms with Crippen LogP contribution < -0.4 is 18.9 Å². The van der Waals surface area contributed by atoms with Crippen LogP contribution in [0.25, 0.3) is 11.1 Å². The summed E-state index contributed by atoms with van der Waals surface area (Å²) in [4.78, 5) is 0. The molecule has 1 aliphatic carbocycles. The summed E-state index contributed by atoms with van der Waals surface area (Å²) < 4.78 is 21.5. The molecule has 3 rings (SSSR count). The topological polar surface area (TPSA) is 89.7 Å². The van der Waals surface area contributed by atoms with Crippen molar-refractivity contribution >= 4 is 16.9 Å². The van der Waals surface area contributed by atoms with Gasteiger partial charge in [-0.1, -0.05) is 17.3 Å². The molecule has 7 nitrogen and oxygen atoms in total. The van der Waals surface area contributed by atoms with Gasteiger partial charge in [-0.3, -0.25) is 0 Å². The van der Waals surface area contributed by atoms with Crippen molar-refractivity contribution in [2.24, 2.45) is 5.16 Å². The van der Waals surface area contributed by atoms with Crippen molar-refractivity contribution in [3.8, 4) is 23.0 Å². The van der Waals surface area contributed by atoms with E-state index in [0.29, 0.717) is 45.4 Å². The second-order valence-electron chi connectivity index (χ2n) is 6.20. The molecule has 148 valence electrons. The van der Waals surface area contributed by atoms with Crippen LogP contribution in [0.2, 0.25) is 0 Å². The Morgan fingerprint density at radius 2 is 1.46 bits per heavy atom. The smallest absolute Gasteiger partial charge is 0.203 e. The molecular formula is C21H23NO6. The zero-order valence-electron chi connectivity index (χ0n) is 16.2. The first-order valence-corrected chi connectivity index (χ1v) is 8.66. The third-order valence-electron chi connectivity index (χ3n) is 4.75. The summed E-state index contributed by atoms with van der Waals surface area (Å²) in [6.07, 6.45) is -0.613. The predicted octanol–water partition coefficient (Wildman–Crippen LogP) is 3.23. The molecule has 0 saturated heterocycles. The summed E-state index contributed by atoms with van der Waals surface area (Å²) in [7, 11) is 6.19. The Hall–Kier alpha value is -3.19. The average Bonchev–Trinajstić information content (AvgIpc) is 3.08. The Labute approximate surface area is 163 Å². The quantitative estimate of drug-likeness (QED) is 0.586. The normalized spacial score (nSPS) is 17.8. The lowest BCUT2D eigenvalue weighted by molar-refractivity contribution is 0.242. The van der Waals surface area contributed by atoms with Crippen LogP contribution in [0.4, 0.5) is 0 Å². The zero-order chi connectivity index (χ0) is 20.3. The molecule has 0 amide bonds. The molecule has 0 bridgehead atoms. The van der Waals surface area contributed by atoms with E-state index >= 15 is 0 Å². The maximum absolute atomic E-state index is 10.7. The highest BCUT2D eigenvalue weighted by atomic mass is 16.5. The first-order valence-electron chi connectivity index (χ1n) is 8.66. The molecule has 1 aliphatic rings. The number of hydrogen-bond donors (Lipinski definition) is 2. The van der Waals surface area contributed by atoms with Gasteiger partial charge in [0, 0.05) is 12.0 Å². The van der Waals surface area contributed by atoms with Gasteiger partial charge in [-0.15, -0.1) is 0 Å². The Kier molecular flexibility index (Phi) is 5.75. The fraction of sp³-hybridized carbons (Fsp3) is 0.286. The largest absolute Gasteiger partial charge is 0.497 e. The molecule has 1 atom stereocenters. The van der Waals surface area contributed by atoms with Crippen molar-refractivity contribution < 1.29 is 29.3 Å². The van der Waals surface area contributed by atoms with E-state index in [-0.39, 0.29) is 6.42 Å². The van der Waals surface area contributed by atoms with Crippen LogP contribution in [0.1, 0.15) is 17.5 Å². The number of methoxy groups -OCH3 is 4. The maximum Gasteiger partial charge on any atom is 0.203 e. The lowest BCUT2D eigenvalue weighted by Gasteiger charge is -2.16. The highest BCUT2D eigenvalue weighted by molar-refractivity contribution is 6.34. The molecule has 0 fully saturated rings. The number of aliphatic hydroxyl groups excluding tert-OH is 1. The summed E-state index contributed by atoms with van der Waals surface area (Å²) in [6.45, 7) is 0. The first kappa shape index (κ1) is 19.6. The Balaban J connectivity index is 2.25. The molecule has 7 heteroatoms. The van der Waals surface area contributed by atoms with E-state index in [2.05, 4.69) is 5.16 Å². The van der Waals surface area contributed by atoms with Crippen LogP contribution in [-0.2, 0) is 0 Å². The second kappa shape index (κ2) is 8.22. The van der Waals surface area contributed by atoms with E-state index in [0.717, 1.165) is 5.56 Å². The highest BCUT2D eigenvalue weighted by Gasteiger charge is 2.33. The van der Waals surface area contributed by atoms with Gasteiger partial charge in [-0.2, -0.15) is 0 Å². The number of benzene rings is 2. The third kappa shape index (κ3) is 3.36. The number of aliphatic hydroxyl groups is 1. The Morgan fingerprint density at radius 3 is 1.93 bits per heavy atom. The van der Waals surface area contributed by atoms with Gasteiger partial charge in [0.25, 0.3) is 0 Å². The summed E-state index contributed by atoms with van der Waals surface area (Å²) in [5.41, 5.74) is 3.15. The highest BCUT2D eigenvalue weighted by Crippen LogP contribution is 2.45. The summed E-state index contributed by atoms with van der Waals surface area (Å²) in [6, 6.07) is 10.9. The molecule has 1 unspecified atom stereocenters. The molecule has 0 heterocycles. The molecular weight excluding hydrogens is 362 g/mol. The third-order valence-corrected chi connectivity index (χ3v) is 4.75. The maximum atomic E-state index is 10.7. The monoisotopic (exact) mass is 385 g/mol. The van der Waals surface area contributed by atoms with Crippen molar-refractivity contribution in [2.45, 2.75) is 12.5 Å². The van der Waals surface area contributed by atoms with Crippen LogP contribution in [0, 0.1) is 0 Å². The van der Waals surface area contributed by atoms with Crippen molar-refractivity contribution in [2.75, 3.05) is 28.4 Å². The van der Waals surface area contributed by atoms with Crippen molar-refractivity contribution in [1.82, 2.24) is 0 Å². The lowest BCUT2D eigenvalue weighted by atomic mass is 9.95. The van der Waals surface area contributed by atoms with Gasteiger partial charge in [0.05, 0.1) is 40.3 Å². The molecule has 0 aliphatic heterocycles. The van der Waals surface area contributed by atoms with E-state index in [4.69, 9.17) is 18.9 Å². The van der Waals surface area contributed by atoms with Crippen LogP contribution in [0.15, 0.2) is 41.6 Å². The van der Waals surface area contributed by atoms with Crippen molar-refractivity contribution in [1.29, 1.82) is 0 Å². The molecule has 0 saturated carbocycles. The van der Waals surface area contributed by atoms with Crippen LogP contribution >= 0.6 is 0 Å². The minimum atomic E-state index is -0.812. The van der Waals surface area contributed by atoms with Gasteiger partial charge in [0.15, 0.2) is 11.5 Å². The Morgan fingerprint density at radius 1 is 0.857 bits per heavy atom. The zero-order valence-corrected chi connectivity index (χ0v) is 16.2. The number of oxime groups is 1. The summed E-state index contributed by atoms with van der Waals surface area (Å²) in [5.74, 6) is 2.11. The molecule has 28 heavy (non-hydrogen) atoms. The molecule has 0 radical (unpaired) electrons. The van der Waals surface area contributed by atoms with E-state index < -0.39 is 6.10 Å².